The summed E-state index contributed by atoms with van der Waals surface area (Å²) < 4.78 is 0. The first kappa shape index (κ1) is 13.3. The van der Waals surface area contributed by atoms with Crippen LogP contribution in [-0.4, -0.2) is 16.1 Å². The predicted octanol–water partition coefficient (Wildman–Crippen LogP) is 3.15. The van der Waals surface area contributed by atoms with Gasteiger partial charge in [-0.05, 0) is 37.8 Å². The van der Waals surface area contributed by atoms with Gasteiger partial charge in [-0.2, -0.15) is 0 Å². The standard InChI is InChI=1S/C15H24N2O/c1-11-6-4-3-5-7-13(11)16-10-14-15(18)9-8-12(2)17-14/h8-9,11,13,16,18H,3-7,10H2,1-2H3. The van der Waals surface area contributed by atoms with Gasteiger partial charge in [0.25, 0.3) is 0 Å². The fraction of sp³-hybridized carbons (Fsp3) is 0.667. The Hall–Kier alpha value is -1.09. The van der Waals surface area contributed by atoms with Gasteiger partial charge >= 0.3 is 0 Å². The summed E-state index contributed by atoms with van der Waals surface area (Å²) in [6, 6.07) is 4.14. The van der Waals surface area contributed by atoms with Crippen LogP contribution in [0.4, 0.5) is 0 Å². The van der Waals surface area contributed by atoms with Crippen molar-refractivity contribution in [2.45, 2.75) is 58.5 Å². The highest BCUT2D eigenvalue weighted by Crippen LogP contribution is 2.23. The minimum atomic E-state index is 0.300. The predicted molar refractivity (Wildman–Crippen MR) is 73.5 cm³/mol. The molecule has 3 heteroatoms. The van der Waals surface area contributed by atoms with Crippen LogP contribution in [0.2, 0.25) is 0 Å². The molecule has 3 nitrogen and oxygen atoms in total. The monoisotopic (exact) mass is 248 g/mol. The van der Waals surface area contributed by atoms with Crippen molar-refractivity contribution in [2.24, 2.45) is 5.92 Å². The van der Waals surface area contributed by atoms with Crippen molar-refractivity contribution in [2.75, 3.05) is 0 Å². The highest BCUT2D eigenvalue weighted by atomic mass is 16.3. The molecule has 0 spiro atoms. The van der Waals surface area contributed by atoms with Gasteiger partial charge in [-0.25, -0.2) is 0 Å². The molecular formula is C15H24N2O. The van der Waals surface area contributed by atoms with Crippen molar-refractivity contribution >= 4 is 0 Å². The van der Waals surface area contributed by atoms with E-state index in [-0.39, 0.29) is 0 Å². The van der Waals surface area contributed by atoms with E-state index >= 15 is 0 Å². The number of nitrogens with zero attached hydrogens (tertiary/aromatic N) is 1. The molecule has 1 aromatic heterocycles. The molecule has 0 aliphatic heterocycles. The second-order valence-corrected chi connectivity index (χ2v) is 5.52. The van der Waals surface area contributed by atoms with Crippen LogP contribution in [0.25, 0.3) is 0 Å². The Balaban J connectivity index is 1.95. The molecule has 1 aliphatic carbocycles. The summed E-state index contributed by atoms with van der Waals surface area (Å²) in [6.45, 7) is 4.95. The van der Waals surface area contributed by atoms with Crippen molar-refractivity contribution in [1.82, 2.24) is 10.3 Å². The van der Waals surface area contributed by atoms with Crippen LogP contribution in [0.5, 0.6) is 5.75 Å². The lowest BCUT2D eigenvalue weighted by molar-refractivity contribution is 0.351. The topological polar surface area (TPSA) is 45.1 Å². The van der Waals surface area contributed by atoms with Crippen molar-refractivity contribution in [3.8, 4) is 5.75 Å². The molecule has 1 heterocycles. The first-order valence-electron chi connectivity index (χ1n) is 7.05. The molecule has 100 valence electrons. The Kier molecular flexibility index (Phi) is 4.59. The third kappa shape index (κ3) is 3.45. The average Bonchev–Trinajstić information content (AvgIpc) is 2.55. The van der Waals surface area contributed by atoms with Gasteiger partial charge in [0.15, 0.2) is 0 Å². The van der Waals surface area contributed by atoms with E-state index in [1.54, 1.807) is 6.07 Å². The first-order valence-corrected chi connectivity index (χ1v) is 7.05. The Morgan fingerprint density at radius 1 is 1.28 bits per heavy atom. The first-order chi connectivity index (χ1) is 8.66. The molecule has 18 heavy (non-hydrogen) atoms. The lowest BCUT2D eigenvalue weighted by Crippen LogP contribution is -2.34. The summed E-state index contributed by atoms with van der Waals surface area (Å²) in [5.74, 6) is 1.02. The maximum Gasteiger partial charge on any atom is 0.138 e. The summed E-state index contributed by atoms with van der Waals surface area (Å²) in [6.07, 6.45) is 6.58. The molecule has 0 radical (unpaired) electrons. The summed E-state index contributed by atoms with van der Waals surface area (Å²) in [5, 5.41) is 13.4. The van der Waals surface area contributed by atoms with Crippen LogP contribution in [-0.2, 0) is 6.54 Å². The van der Waals surface area contributed by atoms with Crippen LogP contribution in [0.15, 0.2) is 12.1 Å². The van der Waals surface area contributed by atoms with E-state index in [2.05, 4.69) is 17.2 Å². The summed E-state index contributed by atoms with van der Waals surface area (Å²) in [5.41, 5.74) is 1.73. The molecule has 2 unspecified atom stereocenters. The number of nitrogens with one attached hydrogen (secondary N) is 1. The Morgan fingerprint density at radius 3 is 2.89 bits per heavy atom. The molecule has 1 saturated carbocycles. The van der Waals surface area contributed by atoms with Gasteiger partial charge in [0, 0.05) is 18.3 Å². The molecule has 2 rings (SSSR count). The Labute approximate surface area is 110 Å². The molecular weight excluding hydrogens is 224 g/mol. The summed E-state index contributed by atoms with van der Waals surface area (Å²) in [4.78, 5) is 4.39. The molecule has 1 fully saturated rings. The van der Waals surface area contributed by atoms with Crippen molar-refractivity contribution in [1.29, 1.82) is 0 Å². The van der Waals surface area contributed by atoms with E-state index in [1.807, 2.05) is 13.0 Å². The van der Waals surface area contributed by atoms with Gasteiger partial charge in [0.2, 0.25) is 0 Å². The third-order valence-corrected chi connectivity index (χ3v) is 3.98. The van der Waals surface area contributed by atoms with Crippen LogP contribution in [0.3, 0.4) is 0 Å². The van der Waals surface area contributed by atoms with Crippen LogP contribution < -0.4 is 5.32 Å². The highest BCUT2D eigenvalue weighted by molar-refractivity contribution is 5.27. The quantitative estimate of drug-likeness (QED) is 0.808. The van der Waals surface area contributed by atoms with E-state index in [1.165, 1.54) is 32.1 Å². The maximum atomic E-state index is 9.78. The molecule has 2 atom stereocenters. The lowest BCUT2D eigenvalue weighted by atomic mass is 9.97. The van der Waals surface area contributed by atoms with Crippen molar-refractivity contribution < 1.29 is 5.11 Å². The number of aryl methyl sites for hydroxylation is 1. The van der Waals surface area contributed by atoms with Crippen LogP contribution in [0.1, 0.15) is 50.4 Å². The second-order valence-electron chi connectivity index (χ2n) is 5.52. The molecule has 1 aliphatic rings. The van der Waals surface area contributed by atoms with Gasteiger partial charge in [0.05, 0.1) is 5.69 Å². The number of aromatic nitrogens is 1. The summed E-state index contributed by atoms with van der Waals surface area (Å²) in [7, 11) is 0. The molecule has 2 N–H and O–H groups in total. The average molecular weight is 248 g/mol. The minimum absolute atomic E-state index is 0.300. The summed E-state index contributed by atoms with van der Waals surface area (Å²) >= 11 is 0. The SMILES string of the molecule is Cc1ccc(O)c(CNC2CCCCCC2C)n1. The molecule has 0 saturated heterocycles. The fourth-order valence-corrected chi connectivity index (χ4v) is 2.76. The lowest BCUT2D eigenvalue weighted by Gasteiger charge is -2.23. The highest BCUT2D eigenvalue weighted by Gasteiger charge is 2.19. The number of aromatic hydroxyl groups is 1. The Morgan fingerprint density at radius 2 is 2.06 bits per heavy atom. The van der Waals surface area contributed by atoms with Crippen molar-refractivity contribution in [3.05, 3.63) is 23.5 Å². The van der Waals surface area contributed by atoms with Crippen LogP contribution in [0, 0.1) is 12.8 Å². The van der Waals surface area contributed by atoms with Gasteiger partial charge in [0.1, 0.15) is 5.75 Å². The van der Waals surface area contributed by atoms with Crippen LogP contribution >= 0.6 is 0 Å². The second kappa shape index (κ2) is 6.19. The van der Waals surface area contributed by atoms with E-state index in [9.17, 15) is 5.11 Å². The number of rotatable bonds is 3. The van der Waals surface area contributed by atoms with Gasteiger partial charge < -0.3 is 10.4 Å². The third-order valence-electron chi connectivity index (χ3n) is 3.98. The van der Waals surface area contributed by atoms with Gasteiger partial charge in [-0.3, -0.25) is 4.98 Å². The minimum Gasteiger partial charge on any atom is -0.506 e. The zero-order chi connectivity index (χ0) is 13.0. The number of pyridine rings is 1. The van der Waals surface area contributed by atoms with E-state index in [4.69, 9.17) is 0 Å². The number of hydrogen-bond donors (Lipinski definition) is 2. The van der Waals surface area contributed by atoms with E-state index in [0.29, 0.717) is 18.3 Å². The van der Waals surface area contributed by atoms with Gasteiger partial charge in [-0.1, -0.05) is 26.2 Å². The smallest absolute Gasteiger partial charge is 0.138 e. The Bertz CT molecular complexity index is 392. The zero-order valence-corrected chi connectivity index (χ0v) is 11.4. The van der Waals surface area contributed by atoms with E-state index < -0.39 is 0 Å². The van der Waals surface area contributed by atoms with E-state index in [0.717, 1.165) is 17.3 Å². The maximum absolute atomic E-state index is 9.78. The normalized spacial score (nSPS) is 24.8. The fourth-order valence-electron chi connectivity index (χ4n) is 2.76. The number of hydrogen-bond acceptors (Lipinski definition) is 3. The largest absolute Gasteiger partial charge is 0.506 e. The molecule has 0 bridgehead atoms. The molecule has 1 aromatic rings. The van der Waals surface area contributed by atoms with Crippen molar-refractivity contribution in [3.63, 3.8) is 0 Å². The molecule has 0 aromatic carbocycles. The molecule has 0 amide bonds. The zero-order valence-electron chi connectivity index (χ0n) is 11.4. The van der Waals surface area contributed by atoms with Gasteiger partial charge in [-0.15, -0.1) is 0 Å².